The van der Waals surface area contributed by atoms with Crippen molar-refractivity contribution in [2.75, 3.05) is 37.9 Å². The van der Waals surface area contributed by atoms with Crippen molar-refractivity contribution in [2.45, 2.75) is 32.2 Å². The van der Waals surface area contributed by atoms with Crippen LogP contribution in [0.5, 0.6) is 5.75 Å². The fourth-order valence-corrected chi connectivity index (χ4v) is 4.38. The van der Waals surface area contributed by atoms with E-state index in [9.17, 15) is 4.79 Å². The summed E-state index contributed by atoms with van der Waals surface area (Å²) in [6.45, 7) is 3.40. The minimum Gasteiger partial charge on any atom is -0.492 e. The Morgan fingerprint density at radius 3 is 2.92 bits per heavy atom. The first-order valence-corrected chi connectivity index (χ1v) is 13.0. The van der Waals surface area contributed by atoms with Crippen molar-refractivity contribution in [3.8, 4) is 17.1 Å². The van der Waals surface area contributed by atoms with E-state index in [0.29, 0.717) is 18.9 Å². The third-order valence-corrected chi connectivity index (χ3v) is 6.33. The lowest BCUT2D eigenvalue weighted by molar-refractivity contribution is -0.116. The van der Waals surface area contributed by atoms with Crippen molar-refractivity contribution in [2.24, 2.45) is 0 Å². The summed E-state index contributed by atoms with van der Waals surface area (Å²) in [5.74, 6) is 2.08. The number of nitrogens with zero attached hydrogens (tertiary/aromatic N) is 4. The van der Waals surface area contributed by atoms with Gasteiger partial charge in [0, 0.05) is 34.8 Å². The van der Waals surface area contributed by atoms with Gasteiger partial charge in [-0.1, -0.05) is 31.2 Å². The first-order valence-electron chi connectivity index (χ1n) is 13.0. The van der Waals surface area contributed by atoms with Gasteiger partial charge in [0.05, 0.1) is 23.1 Å². The molecule has 2 aromatic heterocycles. The molecule has 0 spiro atoms. The van der Waals surface area contributed by atoms with Crippen LogP contribution in [0.15, 0.2) is 48.7 Å². The summed E-state index contributed by atoms with van der Waals surface area (Å²) in [6, 6.07) is 13.6. The number of hydrogen-bond acceptors (Lipinski definition) is 7. The Morgan fingerprint density at radius 2 is 2.08 bits per heavy atom. The Labute approximate surface area is 221 Å². The fourth-order valence-electron chi connectivity index (χ4n) is 4.38. The number of hydrogen-bond donors (Lipinski definition) is 3. The minimum atomic E-state index is -0.00377. The largest absolute Gasteiger partial charge is 0.492 e. The summed E-state index contributed by atoms with van der Waals surface area (Å²) in [6.07, 6.45) is 8.21. The smallest absolute Gasteiger partial charge is 0.224 e. The first-order chi connectivity index (χ1) is 18.5. The van der Waals surface area contributed by atoms with E-state index in [1.165, 1.54) is 0 Å². The highest BCUT2D eigenvalue weighted by molar-refractivity contribution is 5.93. The lowest BCUT2D eigenvalue weighted by Crippen LogP contribution is -2.32. The second-order valence-electron chi connectivity index (χ2n) is 9.70. The fraction of sp³-hybridized carbons (Fsp3) is 0.310. The van der Waals surface area contributed by atoms with E-state index < -0.39 is 0 Å². The summed E-state index contributed by atoms with van der Waals surface area (Å²) >= 11 is 0. The van der Waals surface area contributed by atoms with Gasteiger partial charge in [-0.2, -0.15) is 5.10 Å². The van der Waals surface area contributed by atoms with Crippen LogP contribution < -0.4 is 25.9 Å². The second kappa shape index (κ2) is 11.4. The van der Waals surface area contributed by atoms with Gasteiger partial charge in [-0.3, -0.25) is 9.89 Å². The van der Waals surface area contributed by atoms with Crippen LogP contribution in [0.4, 0.5) is 11.5 Å². The highest BCUT2D eigenvalue weighted by atomic mass is 16.5. The average molecular weight is 512 g/mol. The topological polar surface area (TPSA) is 108 Å². The maximum absolute atomic E-state index is 12.1. The molecule has 196 valence electrons. The Kier molecular flexibility index (Phi) is 7.65. The predicted molar refractivity (Wildman–Crippen MR) is 151 cm³/mol. The zero-order valence-corrected chi connectivity index (χ0v) is 22.0. The molecular weight excluding hydrogens is 478 g/mol. The zero-order chi connectivity index (χ0) is 26.5. The lowest BCUT2D eigenvalue weighted by Gasteiger charge is -2.18. The van der Waals surface area contributed by atoms with Crippen LogP contribution in [0, 0.1) is 0 Å². The van der Waals surface area contributed by atoms with E-state index >= 15 is 0 Å². The van der Waals surface area contributed by atoms with E-state index in [4.69, 9.17) is 14.7 Å². The van der Waals surface area contributed by atoms with Crippen LogP contribution in [0.25, 0.3) is 34.4 Å². The highest BCUT2D eigenvalue weighted by Gasteiger charge is 2.16. The molecule has 1 atom stereocenters. The summed E-state index contributed by atoms with van der Waals surface area (Å²) in [5.41, 5.74) is 2.36. The summed E-state index contributed by atoms with van der Waals surface area (Å²) in [4.78, 5) is 24.1. The monoisotopic (exact) mass is 511 g/mol. The van der Waals surface area contributed by atoms with Gasteiger partial charge in [-0.25, -0.2) is 9.97 Å². The van der Waals surface area contributed by atoms with Crippen molar-refractivity contribution in [3.63, 3.8) is 0 Å². The molecule has 1 aliphatic carbocycles. The van der Waals surface area contributed by atoms with Crippen molar-refractivity contribution < 1.29 is 9.53 Å². The molecule has 0 saturated heterocycles. The number of ether oxygens (including phenoxy) is 1. The predicted octanol–water partition coefficient (Wildman–Crippen LogP) is 3.14. The molecule has 9 heteroatoms. The number of aromatic nitrogens is 4. The van der Waals surface area contributed by atoms with Gasteiger partial charge in [0.1, 0.15) is 18.2 Å². The number of likely N-dealkylation sites (N-methyl/N-ethyl adjacent to an activating group) is 1. The van der Waals surface area contributed by atoms with Crippen molar-refractivity contribution in [3.05, 3.63) is 59.2 Å². The molecule has 1 unspecified atom stereocenters. The van der Waals surface area contributed by atoms with Gasteiger partial charge in [-0.15, -0.1) is 0 Å². The van der Waals surface area contributed by atoms with E-state index in [-0.39, 0.29) is 11.9 Å². The number of aromatic amines is 1. The van der Waals surface area contributed by atoms with Crippen molar-refractivity contribution in [1.82, 2.24) is 25.1 Å². The van der Waals surface area contributed by atoms with Crippen LogP contribution in [-0.4, -0.2) is 64.3 Å². The molecule has 0 saturated carbocycles. The highest BCUT2D eigenvalue weighted by Crippen LogP contribution is 2.30. The molecule has 4 aromatic rings. The number of H-pyrrole nitrogens is 1. The summed E-state index contributed by atoms with van der Waals surface area (Å²) in [7, 11) is 4.04. The summed E-state index contributed by atoms with van der Waals surface area (Å²) < 4.78 is 6.00. The average Bonchev–Trinajstić information content (AvgIpc) is 3.37. The minimum absolute atomic E-state index is 0.00377. The molecule has 0 fully saturated rings. The van der Waals surface area contributed by atoms with Crippen LogP contribution in [-0.2, 0) is 4.79 Å². The molecule has 1 aliphatic rings. The van der Waals surface area contributed by atoms with Gasteiger partial charge in [-0.05, 0) is 57.3 Å². The number of carbonyl (C=O) groups excluding carboxylic acids is 1. The first kappa shape index (κ1) is 25.4. The number of carbonyl (C=O) groups is 1. The van der Waals surface area contributed by atoms with Crippen LogP contribution >= 0.6 is 0 Å². The molecule has 0 aliphatic heterocycles. The maximum Gasteiger partial charge on any atom is 0.224 e. The Hall–Kier alpha value is -4.24. The molecule has 3 N–H and O–H groups in total. The number of anilines is 2. The quantitative estimate of drug-likeness (QED) is 0.300. The molecular formula is C29H33N7O2. The number of nitrogens with one attached hydrogen (secondary N) is 3. The molecule has 0 bridgehead atoms. The van der Waals surface area contributed by atoms with Crippen LogP contribution in [0.1, 0.15) is 26.2 Å². The third-order valence-electron chi connectivity index (χ3n) is 6.33. The van der Waals surface area contributed by atoms with Gasteiger partial charge in [0.2, 0.25) is 5.91 Å². The van der Waals surface area contributed by atoms with Gasteiger partial charge in [0.15, 0.2) is 5.82 Å². The van der Waals surface area contributed by atoms with Gasteiger partial charge < -0.3 is 20.3 Å². The number of amides is 1. The number of benzene rings is 2. The maximum atomic E-state index is 12.1. The Morgan fingerprint density at radius 1 is 1.18 bits per heavy atom. The van der Waals surface area contributed by atoms with E-state index in [0.717, 1.165) is 63.7 Å². The molecule has 9 nitrogen and oxygen atoms in total. The van der Waals surface area contributed by atoms with E-state index in [2.05, 4.69) is 37.9 Å². The normalized spacial score (nSPS) is 14.5. The Balaban J connectivity index is 1.51. The molecule has 2 aromatic carbocycles. The van der Waals surface area contributed by atoms with Crippen LogP contribution in [0.2, 0.25) is 0 Å². The SMILES string of the molecule is CCCC(=O)Nc1cccc(-c2nc(NC3C=c4cn[nH]c4=CC3)c3cc(OCCN(C)C)ccc3n2)c1. The number of rotatable bonds is 10. The molecule has 2 heterocycles. The molecule has 5 rings (SSSR count). The van der Waals surface area contributed by atoms with Crippen molar-refractivity contribution >= 4 is 40.5 Å². The van der Waals surface area contributed by atoms with Gasteiger partial charge >= 0.3 is 0 Å². The Bertz CT molecular complexity index is 1560. The second-order valence-corrected chi connectivity index (χ2v) is 9.70. The van der Waals surface area contributed by atoms with E-state index in [1.54, 1.807) is 0 Å². The zero-order valence-electron chi connectivity index (χ0n) is 22.0. The van der Waals surface area contributed by atoms with E-state index in [1.807, 2.05) is 69.7 Å². The molecule has 38 heavy (non-hydrogen) atoms. The summed E-state index contributed by atoms with van der Waals surface area (Å²) in [5, 5.41) is 16.7. The third kappa shape index (κ3) is 6.00. The van der Waals surface area contributed by atoms with Gasteiger partial charge in [0.25, 0.3) is 0 Å². The van der Waals surface area contributed by atoms with Crippen molar-refractivity contribution in [1.29, 1.82) is 0 Å². The lowest BCUT2D eigenvalue weighted by atomic mass is 10.1. The molecule has 0 radical (unpaired) electrons. The molecule has 1 amide bonds. The van der Waals surface area contributed by atoms with Crippen LogP contribution in [0.3, 0.4) is 0 Å². The number of fused-ring (bicyclic) bond motifs is 2. The standard InChI is InChI=1S/C29H33N7O2/c1-4-6-27(37)31-21-8-5-7-19(15-21)28-33-26-12-10-23(38-14-13-36(2)3)17-24(26)29(34-28)32-22-9-11-25-20(16-22)18-30-35-25/h5,7-8,10-12,15-18,22,35H,4,6,9,13-14H2,1-3H3,(H,31,37)(H,32,33,34).